The first-order chi connectivity index (χ1) is 13.3. The highest BCUT2D eigenvalue weighted by molar-refractivity contribution is 6.36. The lowest BCUT2D eigenvalue weighted by Gasteiger charge is -2.28. The summed E-state index contributed by atoms with van der Waals surface area (Å²) in [5.41, 5.74) is 3.53. The number of nitrogens with zero attached hydrogens (tertiary/aromatic N) is 4. The van der Waals surface area contributed by atoms with Crippen molar-refractivity contribution in [1.82, 2.24) is 14.4 Å². The summed E-state index contributed by atoms with van der Waals surface area (Å²) in [4.78, 5) is 12.0. The van der Waals surface area contributed by atoms with E-state index in [0.29, 0.717) is 21.9 Å². The molecule has 0 bridgehead atoms. The molecule has 1 aromatic carbocycles. The van der Waals surface area contributed by atoms with E-state index in [1.165, 1.54) is 0 Å². The fourth-order valence-corrected chi connectivity index (χ4v) is 4.08. The minimum Gasteiger partial charge on any atom is -0.356 e. The van der Waals surface area contributed by atoms with Gasteiger partial charge in [-0.2, -0.15) is 0 Å². The Morgan fingerprint density at radius 2 is 1.75 bits per heavy atom. The molecule has 3 rings (SSSR count). The van der Waals surface area contributed by atoms with E-state index in [1.54, 1.807) is 6.07 Å². The largest absolute Gasteiger partial charge is 0.356 e. The minimum absolute atomic E-state index is 0.557. The summed E-state index contributed by atoms with van der Waals surface area (Å²) in [6.45, 7) is 13.1. The van der Waals surface area contributed by atoms with E-state index in [9.17, 15) is 0 Å². The van der Waals surface area contributed by atoms with Gasteiger partial charge in [-0.05, 0) is 36.5 Å². The molecule has 6 heteroatoms. The molecule has 0 aliphatic rings. The summed E-state index contributed by atoms with van der Waals surface area (Å²) >= 11 is 12.6. The smallest absolute Gasteiger partial charge is 0.165 e. The molecule has 4 nitrogen and oxygen atoms in total. The molecular weight excluding hydrogens is 391 g/mol. The van der Waals surface area contributed by atoms with Crippen molar-refractivity contribution in [2.75, 3.05) is 18.0 Å². The Morgan fingerprint density at radius 3 is 2.32 bits per heavy atom. The first-order valence-electron chi connectivity index (χ1n) is 9.88. The molecule has 2 heterocycles. The Balaban J connectivity index is 2.22. The first-order valence-corrected chi connectivity index (χ1v) is 10.6. The standard InChI is InChI=1S/C22H28Cl2N4/c1-6-19-22(27(12-14(2)3)13-15(4)5)28-10-9-25-20(21(28)26-19)17-8-7-16(23)11-18(17)24/h7-11,14-15H,6,12-13H2,1-5H3. The van der Waals surface area contributed by atoms with Crippen molar-refractivity contribution in [1.29, 1.82) is 0 Å². The predicted octanol–water partition coefficient (Wildman–Crippen LogP) is 6.38. The van der Waals surface area contributed by atoms with Crippen LogP contribution in [0.3, 0.4) is 0 Å². The minimum atomic E-state index is 0.557. The van der Waals surface area contributed by atoms with Crippen LogP contribution < -0.4 is 4.90 Å². The SMILES string of the molecule is CCc1nc2c(-c3ccc(Cl)cc3Cl)nccn2c1N(CC(C)C)CC(C)C. The lowest BCUT2D eigenvalue weighted by atomic mass is 10.1. The van der Waals surface area contributed by atoms with E-state index < -0.39 is 0 Å². The second-order valence-electron chi connectivity index (χ2n) is 8.02. The molecule has 0 unspecified atom stereocenters. The maximum absolute atomic E-state index is 6.47. The number of benzene rings is 1. The highest BCUT2D eigenvalue weighted by atomic mass is 35.5. The third-order valence-electron chi connectivity index (χ3n) is 4.58. The fraction of sp³-hybridized carbons (Fsp3) is 0.455. The summed E-state index contributed by atoms with van der Waals surface area (Å²) in [6, 6.07) is 5.49. The zero-order valence-corrected chi connectivity index (χ0v) is 18.7. The Hall–Kier alpha value is -1.78. The molecule has 0 saturated carbocycles. The van der Waals surface area contributed by atoms with Crippen LogP contribution in [0, 0.1) is 11.8 Å². The quantitative estimate of drug-likeness (QED) is 0.445. The van der Waals surface area contributed by atoms with E-state index in [0.717, 1.165) is 47.9 Å². The van der Waals surface area contributed by atoms with Gasteiger partial charge in [0, 0.05) is 36.1 Å². The highest BCUT2D eigenvalue weighted by Gasteiger charge is 2.22. The van der Waals surface area contributed by atoms with Crippen LogP contribution in [0.15, 0.2) is 30.6 Å². The summed E-state index contributed by atoms with van der Waals surface area (Å²) < 4.78 is 2.16. The van der Waals surface area contributed by atoms with Crippen molar-refractivity contribution in [2.24, 2.45) is 11.8 Å². The summed E-state index contributed by atoms with van der Waals surface area (Å²) in [5.74, 6) is 2.27. The van der Waals surface area contributed by atoms with Crippen molar-refractivity contribution in [3.63, 3.8) is 0 Å². The van der Waals surface area contributed by atoms with Crippen LogP contribution in [0.25, 0.3) is 16.9 Å². The van der Waals surface area contributed by atoms with Gasteiger partial charge in [0.15, 0.2) is 5.65 Å². The van der Waals surface area contributed by atoms with Crippen molar-refractivity contribution in [2.45, 2.75) is 41.0 Å². The van der Waals surface area contributed by atoms with Gasteiger partial charge in [-0.3, -0.25) is 9.38 Å². The molecule has 150 valence electrons. The van der Waals surface area contributed by atoms with E-state index in [4.69, 9.17) is 28.2 Å². The molecule has 0 aliphatic heterocycles. The van der Waals surface area contributed by atoms with E-state index in [2.05, 4.69) is 48.9 Å². The van der Waals surface area contributed by atoms with Crippen LogP contribution in [-0.2, 0) is 6.42 Å². The van der Waals surface area contributed by atoms with Crippen LogP contribution in [0.5, 0.6) is 0 Å². The number of anilines is 1. The average molecular weight is 419 g/mol. The Labute approximate surface area is 177 Å². The third kappa shape index (κ3) is 4.28. The van der Waals surface area contributed by atoms with Crippen molar-refractivity contribution in [3.8, 4) is 11.3 Å². The van der Waals surface area contributed by atoms with Crippen molar-refractivity contribution in [3.05, 3.63) is 46.3 Å². The predicted molar refractivity (Wildman–Crippen MR) is 120 cm³/mol. The number of aromatic nitrogens is 3. The number of imidazole rings is 1. The summed E-state index contributed by atoms with van der Waals surface area (Å²) in [7, 11) is 0. The second-order valence-corrected chi connectivity index (χ2v) is 8.87. The number of hydrogen-bond donors (Lipinski definition) is 0. The molecule has 0 saturated heterocycles. The normalized spacial score (nSPS) is 11.8. The lowest BCUT2D eigenvalue weighted by Crippen LogP contribution is -2.33. The second kappa shape index (κ2) is 8.71. The molecule has 0 atom stereocenters. The van der Waals surface area contributed by atoms with Crippen LogP contribution in [0.4, 0.5) is 5.82 Å². The zero-order valence-electron chi connectivity index (χ0n) is 17.2. The molecule has 0 radical (unpaired) electrons. The van der Waals surface area contributed by atoms with E-state index >= 15 is 0 Å². The van der Waals surface area contributed by atoms with Gasteiger partial charge in [-0.25, -0.2) is 4.98 Å². The van der Waals surface area contributed by atoms with Crippen LogP contribution in [-0.4, -0.2) is 27.5 Å². The number of fused-ring (bicyclic) bond motifs is 1. The highest BCUT2D eigenvalue weighted by Crippen LogP contribution is 2.34. The molecule has 0 amide bonds. The van der Waals surface area contributed by atoms with Gasteiger partial charge in [-0.1, -0.05) is 57.8 Å². The summed E-state index contributed by atoms with van der Waals surface area (Å²) in [6.07, 6.45) is 4.68. The fourth-order valence-electron chi connectivity index (χ4n) is 3.58. The first kappa shape index (κ1) is 20.9. The van der Waals surface area contributed by atoms with Crippen LogP contribution in [0.2, 0.25) is 10.0 Å². The average Bonchev–Trinajstić information content (AvgIpc) is 2.99. The Bertz CT molecular complexity index is 953. The zero-order chi connectivity index (χ0) is 20.4. The van der Waals surface area contributed by atoms with Gasteiger partial charge in [0.25, 0.3) is 0 Å². The maximum Gasteiger partial charge on any atom is 0.165 e. The third-order valence-corrected chi connectivity index (χ3v) is 5.13. The van der Waals surface area contributed by atoms with Gasteiger partial charge in [0.1, 0.15) is 11.5 Å². The van der Waals surface area contributed by atoms with Gasteiger partial charge in [0.05, 0.1) is 10.7 Å². The number of hydrogen-bond acceptors (Lipinski definition) is 3. The molecule has 0 fully saturated rings. The monoisotopic (exact) mass is 418 g/mol. The van der Waals surface area contributed by atoms with Crippen molar-refractivity contribution < 1.29 is 0 Å². The lowest BCUT2D eigenvalue weighted by molar-refractivity contribution is 0.546. The summed E-state index contributed by atoms with van der Waals surface area (Å²) in [5, 5.41) is 1.19. The van der Waals surface area contributed by atoms with E-state index in [1.807, 2.05) is 24.5 Å². The Kier molecular flexibility index (Phi) is 6.51. The van der Waals surface area contributed by atoms with Gasteiger partial charge in [0.2, 0.25) is 0 Å². The maximum atomic E-state index is 6.47. The Morgan fingerprint density at radius 1 is 1.07 bits per heavy atom. The number of rotatable bonds is 7. The molecule has 0 spiro atoms. The van der Waals surface area contributed by atoms with Gasteiger partial charge >= 0.3 is 0 Å². The van der Waals surface area contributed by atoms with Crippen LogP contribution >= 0.6 is 23.2 Å². The topological polar surface area (TPSA) is 33.4 Å². The molecule has 3 aromatic rings. The van der Waals surface area contributed by atoms with Crippen molar-refractivity contribution >= 4 is 34.7 Å². The van der Waals surface area contributed by atoms with Gasteiger partial charge < -0.3 is 4.90 Å². The number of aryl methyl sites for hydroxylation is 1. The van der Waals surface area contributed by atoms with Crippen LogP contribution in [0.1, 0.15) is 40.3 Å². The molecule has 0 aliphatic carbocycles. The van der Waals surface area contributed by atoms with Gasteiger partial charge in [-0.15, -0.1) is 0 Å². The number of halogens is 2. The molecule has 2 aromatic heterocycles. The van der Waals surface area contributed by atoms with E-state index in [-0.39, 0.29) is 0 Å². The molecule has 0 N–H and O–H groups in total. The molecular formula is C22H28Cl2N4. The molecule has 28 heavy (non-hydrogen) atoms.